The number of nitrogens with one attached hydrogen (secondary N) is 1. The molecule has 0 unspecified atom stereocenters. The van der Waals surface area contributed by atoms with Crippen molar-refractivity contribution >= 4 is 0 Å². The largest absolute Gasteiger partial charge is 0.314 e. The Morgan fingerprint density at radius 3 is 2.45 bits per heavy atom. The van der Waals surface area contributed by atoms with Crippen molar-refractivity contribution < 1.29 is 0 Å². The van der Waals surface area contributed by atoms with Gasteiger partial charge in [-0.15, -0.1) is 0 Å². The summed E-state index contributed by atoms with van der Waals surface area (Å²) in [4.78, 5) is 2.62. The number of likely N-dealkylation sites (tertiary alicyclic amines) is 1. The van der Waals surface area contributed by atoms with Gasteiger partial charge in [0.25, 0.3) is 0 Å². The molecule has 2 nitrogen and oxygen atoms in total. The highest BCUT2D eigenvalue weighted by atomic mass is 15.1. The lowest BCUT2D eigenvalue weighted by atomic mass is 9.97. The Morgan fingerprint density at radius 1 is 1.15 bits per heavy atom. The number of hydrogen-bond acceptors (Lipinski definition) is 2. The van der Waals surface area contributed by atoms with Crippen molar-refractivity contribution in [1.82, 2.24) is 10.2 Å². The van der Waals surface area contributed by atoms with Gasteiger partial charge >= 0.3 is 0 Å². The van der Waals surface area contributed by atoms with E-state index in [-0.39, 0.29) is 0 Å². The molecule has 1 aliphatic heterocycles. The highest BCUT2D eigenvalue weighted by Crippen LogP contribution is 2.19. The van der Waals surface area contributed by atoms with Gasteiger partial charge in [-0.1, -0.05) is 45.0 Å². The van der Waals surface area contributed by atoms with E-state index in [1.165, 1.54) is 37.1 Å². The molecule has 1 aliphatic rings. The first kappa shape index (κ1) is 15.5. The summed E-state index contributed by atoms with van der Waals surface area (Å²) in [5.74, 6) is 0.914. The third kappa shape index (κ3) is 4.92. The average Bonchev–Trinajstić information content (AvgIpc) is 2.43. The number of piperidine rings is 1. The predicted octanol–water partition coefficient (Wildman–Crippen LogP) is 3.46. The molecule has 2 heteroatoms. The lowest BCUT2D eigenvalue weighted by Crippen LogP contribution is -2.32. The van der Waals surface area contributed by atoms with Crippen LogP contribution in [-0.4, -0.2) is 30.6 Å². The summed E-state index contributed by atoms with van der Waals surface area (Å²) in [5.41, 5.74) is 3.03. The second-order valence-electron chi connectivity index (χ2n) is 6.59. The molecule has 1 N–H and O–H groups in total. The first-order valence-corrected chi connectivity index (χ1v) is 8.17. The Kier molecular flexibility index (Phi) is 6.06. The number of rotatable bonds is 6. The van der Waals surface area contributed by atoms with E-state index in [1.807, 2.05) is 0 Å². The summed E-state index contributed by atoms with van der Waals surface area (Å²) < 4.78 is 0. The normalized spacial score (nSPS) is 17.8. The molecule has 0 atom stereocenters. The Morgan fingerprint density at radius 2 is 1.80 bits per heavy atom. The molecule has 0 aliphatic carbocycles. The zero-order valence-electron chi connectivity index (χ0n) is 13.4. The summed E-state index contributed by atoms with van der Waals surface area (Å²) in [6, 6.07) is 9.53. The van der Waals surface area contributed by atoms with E-state index in [9.17, 15) is 0 Å². The smallest absolute Gasteiger partial charge is 0.0236 e. The number of benzene rings is 1. The number of nitrogens with zero attached hydrogens (tertiary/aromatic N) is 1. The number of hydrogen-bond donors (Lipinski definition) is 1. The van der Waals surface area contributed by atoms with E-state index < -0.39 is 0 Å². The van der Waals surface area contributed by atoms with Crippen LogP contribution in [0, 0.1) is 5.92 Å². The van der Waals surface area contributed by atoms with Gasteiger partial charge in [0.2, 0.25) is 0 Å². The second-order valence-corrected chi connectivity index (χ2v) is 6.59. The van der Waals surface area contributed by atoms with E-state index in [0.29, 0.717) is 6.04 Å². The van der Waals surface area contributed by atoms with Gasteiger partial charge in [0, 0.05) is 12.6 Å². The van der Waals surface area contributed by atoms with E-state index in [4.69, 9.17) is 0 Å². The lowest BCUT2D eigenvalue weighted by molar-refractivity contribution is 0.185. The van der Waals surface area contributed by atoms with Crippen LogP contribution in [0.15, 0.2) is 24.3 Å². The minimum absolute atomic E-state index is 0.575. The molecular weight excluding hydrogens is 244 g/mol. The van der Waals surface area contributed by atoms with Crippen molar-refractivity contribution in [3.63, 3.8) is 0 Å². The van der Waals surface area contributed by atoms with Gasteiger partial charge in [0.15, 0.2) is 0 Å². The fourth-order valence-electron chi connectivity index (χ4n) is 2.91. The second kappa shape index (κ2) is 7.80. The molecule has 0 aromatic heterocycles. The molecular formula is C18H30N2. The van der Waals surface area contributed by atoms with Crippen LogP contribution in [0.4, 0.5) is 0 Å². The highest BCUT2D eigenvalue weighted by molar-refractivity contribution is 5.27. The molecule has 112 valence electrons. The fourth-order valence-corrected chi connectivity index (χ4v) is 2.91. The van der Waals surface area contributed by atoms with E-state index >= 15 is 0 Å². The van der Waals surface area contributed by atoms with Gasteiger partial charge in [-0.2, -0.15) is 0 Å². The molecule has 1 fully saturated rings. The van der Waals surface area contributed by atoms with Crippen molar-refractivity contribution in [2.75, 3.05) is 19.6 Å². The van der Waals surface area contributed by atoms with Crippen LogP contribution in [0.3, 0.4) is 0 Å². The van der Waals surface area contributed by atoms with Crippen LogP contribution in [0.25, 0.3) is 0 Å². The van der Waals surface area contributed by atoms with E-state index in [1.54, 1.807) is 0 Å². The van der Waals surface area contributed by atoms with Crippen molar-refractivity contribution in [2.45, 2.75) is 52.6 Å². The monoisotopic (exact) mass is 274 g/mol. The molecule has 0 spiro atoms. The predicted molar refractivity (Wildman–Crippen MR) is 87.0 cm³/mol. The van der Waals surface area contributed by atoms with Crippen LogP contribution in [0.2, 0.25) is 0 Å². The minimum Gasteiger partial charge on any atom is -0.314 e. The first-order chi connectivity index (χ1) is 9.65. The SMILES string of the molecule is CC1CCN(Cc2ccccc2CCNC(C)C)CC1. The van der Waals surface area contributed by atoms with Gasteiger partial charge in [-0.25, -0.2) is 0 Å². The van der Waals surface area contributed by atoms with Gasteiger partial charge < -0.3 is 5.32 Å². The average molecular weight is 274 g/mol. The molecule has 0 amide bonds. The maximum absolute atomic E-state index is 3.52. The molecule has 1 aromatic carbocycles. The van der Waals surface area contributed by atoms with Gasteiger partial charge in [-0.05, 0) is 55.9 Å². The lowest BCUT2D eigenvalue weighted by Gasteiger charge is -2.30. The molecule has 1 aromatic rings. The zero-order valence-corrected chi connectivity index (χ0v) is 13.4. The van der Waals surface area contributed by atoms with E-state index in [0.717, 1.165) is 25.4 Å². The van der Waals surface area contributed by atoms with Crippen molar-refractivity contribution in [1.29, 1.82) is 0 Å². The maximum Gasteiger partial charge on any atom is 0.0236 e. The van der Waals surface area contributed by atoms with Crippen molar-refractivity contribution in [3.8, 4) is 0 Å². The molecule has 2 rings (SSSR count). The summed E-state index contributed by atoms with van der Waals surface area (Å²) in [5, 5.41) is 3.52. The van der Waals surface area contributed by atoms with Crippen molar-refractivity contribution in [2.24, 2.45) is 5.92 Å². The standard InChI is InChI=1S/C18H30N2/c1-15(2)19-11-8-17-6-4-5-7-18(17)14-20-12-9-16(3)10-13-20/h4-7,15-16,19H,8-14H2,1-3H3. The van der Waals surface area contributed by atoms with Crippen LogP contribution < -0.4 is 5.32 Å². The third-order valence-corrected chi connectivity index (χ3v) is 4.34. The van der Waals surface area contributed by atoms with Crippen LogP contribution in [-0.2, 0) is 13.0 Å². The molecule has 0 radical (unpaired) electrons. The topological polar surface area (TPSA) is 15.3 Å². The molecule has 20 heavy (non-hydrogen) atoms. The van der Waals surface area contributed by atoms with Crippen LogP contribution in [0.5, 0.6) is 0 Å². The van der Waals surface area contributed by atoms with Gasteiger partial charge in [-0.3, -0.25) is 4.90 Å². The Hall–Kier alpha value is -0.860. The summed E-state index contributed by atoms with van der Waals surface area (Å²) in [7, 11) is 0. The van der Waals surface area contributed by atoms with Crippen LogP contribution >= 0.6 is 0 Å². The molecule has 0 bridgehead atoms. The zero-order chi connectivity index (χ0) is 14.4. The molecule has 1 heterocycles. The molecule has 1 saturated heterocycles. The Bertz CT molecular complexity index is 392. The molecule has 0 saturated carbocycles. The highest BCUT2D eigenvalue weighted by Gasteiger charge is 2.16. The Balaban J connectivity index is 1.90. The van der Waals surface area contributed by atoms with Crippen LogP contribution in [0.1, 0.15) is 44.7 Å². The van der Waals surface area contributed by atoms with E-state index in [2.05, 4.69) is 55.3 Å². The maximum atomic E-state index is 3.52. The summed E-state index contributed by atoms with van der Waals surface area (Å²) in [6.07, 6.45) is 3.85. The fraction of sp³-hybridized carbons (Fsp3) is 0.667. The van der Waals surface area contributed by atoms with Crippen molar-refractivity contribution in [3.05, 3.63) is 35.4 Å². The summed E-state index contributed by atoms with van der Waals surface area (Å²) in [6.45, 7) is 11.5. The quantitative estimate of drug-likeness (QED) is 0.854. The van der Waals surface area contributed by atoms with Gasteiger partial charge in [0.1, 0.15) is 0 Å². The summed E-state index contributed by atoms with van der Waals surface area (Å²) >= 11 is 0. The minimum atomic E-state index is 0.575. The third-order valence-electron chi connectivity index (χ3n) is 4.34. The van der Waals surface area contributed by atoms with Gasteiger partial charge in [0.05, 0.1) is 0 Å². The Labute approximate surface area is 124 Å². The first-order valence-electron chi connectivity index (χ1n) is 8.17.